The predicted octanol–water partition coefficient (Wildman–Crippen LogP) is 9.05. The first kappa shape index (κ1) is 49.2. The third-order valence-corrected chi connectivity index (χ3v) is 9.17. The van der Waals surface area contributed by atoms with Gasteiger partial charge in [-0.15, -0.1) is 0 Å². The van der Waals surface area contributed by atoms with Gasteiger partial charge in [0, 0.05) is 13.2 Å². The van der Waals surface area contributed by atoms with Gasteiger partial charge in [0.25, 0.3) is 0 Å². The highest BCUT2D eigenvalue weighted by Gasteiger charge is 2.11. The molecule has 0 aliphatic rings. The quantitative estimate of drug-likeness (QED) is 0.0365. The Morgan fingerprint density at radius 2 is 0.723 bits per heavy atom. The van der Waals surface area contributed by atoms with Crippen LogP contribution in [0.3, 0.4) is 0 Å². The zero-order valence-electron chi connectivity index (χ0n) is 32.8. The van der Waals surface area contributed by atoms with E-state index in [4.69, 9.17) is 18.9 Å². The molecular weight excluding hydrogens is 606 g/mol. The Bertz CT molecular complexity index is 560. The Labute approximate surface area is 302 Å². The van der Waals surface area contributed by atoms with E-state index in [1.54, 1.807) is 0 Å². The molecule has 0 saturated carbocycles. The lowest BCUT2D eigenvalue weighted by atomic mass is 10.0. The first-order valence-electron chi connectivity index (χ1n) is 20.6. The number of nitrogens with zero attached hydrogens (tertiary/aromatic N) is 1. The molecule has 1 atom stereocenters. The van der Waals surface area contributed by atoms with Crippen LogP contribution in [0.4, 0.5) is 0 Å². The summed E-state index contributed by atoms with van der Waals surface area (Å²) in [5.74, 6) is 0. The molecule has 0 aromatic carbocycles. The second-order valence-corrected chi connectivity index (χ2v) is 15.2. The van der Waals surface area contributed by atoms with Crippen LogP contribution in [0.25, 0.3) is 0 Å². The van der Waals surface area contributed by atoms with Crippen LogP contribution in [-0.4, -0.2) is 78.1 Å². The van der Waals surface area contributed by atoms with E-state index in [0.29, 0.717) is 26.6 Å². The summed E-state index contributed by atoms with van der Waals surface area (Å²) < 4.78 is 24.7. The zero-order chi connectivity index (χ0) is 33.7. The van der Waals surface area contributed by atoms with Gasteiger partial charge >= 0.3 is 0 Å². The number of hydrogen-bond acceptors (Lipinski definition) is 4. The minimum Gasteiger partial charge on any atom is -1.00 e. The molecule has 0 aliphatic carbocycles. The molecule has 0 N–H and O–H groups in total. The minimum atomic E-state index is -0.00406. The molecule has 0 amide bonds. The molecule has 0 aromatic heterocycles. The van der Waals surface area contributed by atoms with Crippen molar-refractivity contribution in [1.29, 1.82) is 0 Å². The topological polar surface area (TPSA) is 36.9 Å². The molecule has 6 heteroatoms. The third-order valence-electron chi connectivity index (χ3n) is 9.17. The van der Waals surface area contributed by atoms with Gasteiger partial charge in [-0.2, -0.15) is 0 Å². The Morgan fingerprint density at radius 3 is 1.11 bits per heavy atom. The van der Waals surface area contributed by atoms with Gasteiger partial charge in [0.1, 0.15) is 19.4 Å². The molecule has 0 radical (unpaired) electrons. The van der Waals surface area contributed by atoms with Gasteiger partial charge in [-0.05, 0) is 12.8 Å². The fourth-order valence-electron chi connectivity index (χ4n) is 5.94. The molecule has 0 unspecified atom stereocenters. The molecule has 0 saturated heterocycles. The summed E-state index contributed by atoms with van der Waals surface area (Å²) in [6.45, 7) is 9.41. The van der Waals surface area contributed by atoms with E-state index >= 15 is 0 Å². The molecule has 0 aromatic rings. The highest BCUT2D eigenvalue weighted by molar-refractivity contribution is 4.57. The molecule has 0 fully saturated rings. The van der Waals surface area contributed by atoms with Gasteiger partial charge in [0.2, 0.25) is 0 Å². The van der Waals surface area contributed by atoms with Gasteiger partial charge in [0.15, 0.2) is 0 Å². The van der Waals surface area contributed by atoms with Crippen LogP contribution >= 0.6 is 0 Å². The van der Waals surface area contributed by atoms with Gasteiger partial charge in [-0.25, -0.2) is 0 Å². The maximum absolute atomic E-state index is 6.23. The SMILES string of the molecule is CCCCCCCCCCCCCCCCOC[C@H](COCOCC[N+](C)(C)C)OCCCCCCCCCCCCCCCC.[Cl-]. The van der Waals surface area contributed by atoms with Gasteiger partial charge in [-0.3, -0.25) is 0 Å². The number of rotatable bonds is 40. The average molecular weight is 693 g/mol. The first-order chi connectivity index (χ1) is 22.5. The fourth-order valence-corrected chi connectivity index (χ4v) is 5.94. The summed E-state index contributed by atoms with van der Waals surface area (Å²) in [4.78, 5) is 0. The van der Waals surface area contributed by atoms with E-state index < -0.39 is 0 Å². The van der Waals surface area contributed by atoms with Gasteiger partial charge in [-0.1, -0.05) is 181 Å². The van der Waals surface area contributed by atoms with Crippen molar-refractivity contribution in [2.75, 3.05) is 67.5 Å². The first-order valence-corrected chi connectivity index (χ1v) is 20.6. The lowest BCUT2D eigenvalue weighted by Crippen LogP contribution is -3.00. The molecule has 0 bridgehead atoms. The van der Waals surface area contributed by atoms with Crippen LogP contribution in [0, 0.1) is 0 Å². The van der Waals surface area contributed by atoms with E-state index in [1.807, 2.05) is 0 Å². The Morgan fingerprint density at radius 1 is 0.383 bits per heavy atom. The van der Waals surface area contributed by atoms with Crippen molar-refractivity contribution in [3.63, 3.8) is 0 Å². The normalized spacial score (nSPS) is 12.4. The third kappa shape index (κ3) is 44.1. The largest absolute Gasteiger partial charge is 1.00 e. The predicted molar refractivity (Wildman–Crippen MR) is 201 cm³/mol. The monoisotopic (exact) mass is 692 g/mol. The molecule has 286 valence electrons. The van der Waals surface area contributed by atoms with E-state index in [9.17, 15) is 0 Å². The Balaban J connectivity index is 0. The highest BCUT2D eigenvalue weighted by Crippen LogP contribution is 2.14. The number of halogens is 1. The van der Waals surface area contributed by atoms with Crippen molar-refractivity contribution in [1.82, 2.24) is 0 Å². The van der Waals surface area contributed by atoms with Crippen LogP contribution in [0.15, 0.2) is 0 Å². The lowest BCUT2D eigenvalue weighted by molar-refractivity contribution is -0.870. The average Bonchev–Trinajstić information content (AvgIpc) is 3.03. The van der Waals surface area contributed by atoms with Crippen LogP contribution in [0.2, 0.25) is 0 Å². The number of ether oxygens (including phenoxy) is 4. The summed E-state index contributed by atoms with van der Waals surface area (Å²) in [5.41, 5.74) is 0. The molecule has 0 spiro atoms. The summed E-state index contributed by atoms with van der Waals surface area (Å²) >= 11 is 0. The van der Waals surface area contributed by atoms with E-state index in [0.717, 1.165) is 37.1 Å². The maximum Gasteiger partial charge on any atom is 0.147 e. The molecule has 0 rings (SSSR count). The van der Waals surface area contributed by atoms with E-state index in [1.165, 1.54) is 167 Å². The molecule has 0 heterocycles. The van der Waals surface area contributed by atoms with E-state index in [2.05, 4.69) is 35.0 Å². The standard InChI is InChI=1S/C41H86NO4.ClH/c1-6-8-10-12-14-16-18-20-22-24-26-28-30-32-35-43-38-41(39-45-40-44-37-34-42(3,4)5)46-36-33-31-29-27-25-23-21-19-17-15-13-11-9-7-2;/h41H,6-40H2,1-5H3;1H/q+1;/p-1/t41-;/m1./s1. The molecule has 0 aliphatic heterocycles. The van der Waals surface area contributed by atoms with Crippen LogP contribution in [-0.2, 0) is 18.9 Å². The van der Waals surface area contributed by atoms with Crippen molar-refractivity contribution in [3.8, 4) is 0 Å². The van der Waals surface area contributed by atoms with Gasteiger partial charge < -0.3 is 35.8 Å². The second-order valence-electron chi connectivity index (χ2n) is 15.2. The Hall–Kier alpha value is 0.0900. The maximum atomic E-state index is 6.23. The van der Waals surface area contributed by atoms with Gasteiger partial charge in [0.05, 0.1) is 41.0 Å². The number of likely N-dealkylation sites (N-methyl/N-ethyl adjacent to an activating group) is 1. The molecular formula is C41H86ClNO4. The summed E-state index contributed by atoms with van der Waals surface area (Å²) in [7, 11) is 6.54. The fraction of sp³-hybridized carbons (Fsp3) is 1.00. The van der Waals surface area contributed by atoms with Crippen molar-refractivity contribution in [2.24, 2.45) is 0 Å². The van der Waals surface area contributed by atoms with Crippen LogP contribution < -0.4 is 12.4 Å². The molecule has 5 nitrogen and oxygen atoms in total. The minimum absolute atomic E-state index is 0. The van der Waals surface area contributed by atoms with Crippen molar-refractivity contribution >= 4 is 0 Å². The van der Waals surface area contributed by atoms with E-state index in [-0.39, 0.29) is 18.5 Å². The second kappa shape index (κ2) is 40.5. The Kier molecular flexibility index (Phi) is 42.4. The molecule has 47 heavy (non-hydrogen) atoms. The number of unbranched alkanes of at least 4 members (excludes halogenated alkanes) is 26. The highest BCUT2D eigenvalue weighted by atomic mass is 35.5. The lowest BCUT2D eigenvalue weighted by Gasteiger charge is -2.23. The smallest absolute Gasteiger partial charge is 0.147 e. The van der Waals surface area contributed by atoms with Crippen molar-refractivity contribution < 1.29 is 35.8 Å². The van der Waals surface area contributed by atoms with Crippen molar-refractivity contribution in [2.45, 2.75) is 200 Å². The van der Waals surface area contributed by atoms with Crippen molar-refractivity contribution in [3.05, 3.63) is 0 Å². The van der Waals surface area contributed by atoms with Crippen LogP contribution in [0.1, 0.15) is 194 Å². The zero-order valence-corrected chi connectivity index (χ0v) is 33.5. The number of quaternary nitrogens is 1. The summed E-state index contributed by atoms with van der Waals surface area (Å²) in [6.07, 6.45) is 38.7. The van der Waals surface area contributed by atoms with Crippen LogP contribution in [0.5, 0.6) is 0 Å². The number of hydrogen-bond donors (Lipinski definition) is 0. The summed E-state index contributed by atoms with van der Waals surface area (Å²) in [6, 6.07) is 0. The summed E-state index contributed by atoms with van der Waals surface area (Å²) in [5, 5.41) is 0.